The molecule has 1 saturated heterocycles. The highest BCUT2D eigenvalue weighted by molar-refractivity contribution is 6.31. The lowest BCUT2D eigenvalue weighted by Gasteiger charge is -2.31. The molecule has 4 nitrogen and oxygen atoms in total. The van der Waals surface area contributed by atoms with Crippen molar-refractivity contribution >= 4 is 29.0 Å². The van der Waals surface area contributed by atoms with Gasteiger partial charge in [-0.2, -0.15) is 0 Å². The highest BCUT2D eigenvalue weighted by atomic mass is 35.5. The molecule has 2 aliphatic rings. The number of fused-ring (bicyclic) bond motifs is 2. The highest BCUT2D eigenvalue weighted by Gasteiger charge is 2.63. The second-order valence-electron chi connectivity index (χ2n) is 8.01. The monoisotopic (exact) mass is 416 g/mol. The summed E-state index contributed by atoms with van der Waals surface area (Å²) in [5, 5.41) is 7.18. The Labute approximate surface area is 180 Å². The van der Waals surface area contributed by atoms with E-state index >= 15 is 0 Å². The predicted molar refractivity (Wildman–Crippen MR) is 117 cm³/mol. The van der Waals surface area contributed by atoms with Gasteiger partial charge in [0.05, 0.1) is 0 Å². The van der Waals surface area contributed by atoms with Crippen LogP contribution in [0.1, 0.15) is 35.6 Å². The van der Waals surface area contributed by atoms with E-state index in [4.69, 9.17) is 11.6 Å². The Balaban J connectivity index is 1.79. The first-order valence-electron chi connectivity index (χ1n) is 10.0. The zero-order chi connectivity index (χ0) is 20.9. The number of benzene rings is 3. The lowest BCUT2D eigenvalue weighted by atomic mass is 9.70. The number of anilines is 1. The van der Waals surface area contributed by atoms with E-state index in [1.807, 2.05) is 72.8 Å². The van der Waals surface area contributed by atoms with Crippen molar-refractivity contribution in [1.82, 2.24) is 5.32 Å². The van der Waals surface area contributed by atoms with Crippen molar-refractivity contribution in [3.63, 3.8) is 0 Å². The van der Waals surface area contributed by atoms with Crippen LogP contribution in [0.15, 0.2) is 78.9 Å². The molecule has 2 heterocycles. The van der Waals surface area contributed by atoms with Gasteiger partial charge in [0.15, 0.2) is 0 Å². The summed E-state index contributed by atoms with van der Waals surface area (Å²) in [5.41, 5.74) is 2.37. The topological polar surface area (TPSA) is 58.2 Å². The fourth-order valence-electron chi connectivity index (χ4n) is 5.17. The van der Waals surface area contributed by atoms with Crippen LogP contribution in [0.2, 0.25) is 5.02 Å². The largest absolute Gasteiger partial charge is 0.324 e. The van der Waals surface area contributed by atoms with Gasteiger partial charge in [-0.3, -0.25) is 14.9 Å². The van der Waals surface area contributed by atoms with Gasteiger partial charge >= 0.3 is 0 Å². The lowest BCUT2D eigenvalue weighted by Crippen LogP contribution is -2.47. The van der Waals surface area contributed by atoms with Crippen molar-refractivity contribution in [3.05, 3.63) is 101 Å². The summed E-state index contributed by atoms with van der Waals surface area (Å²) in [4.78, 5) is 26.6. The van der Waals surface area contributed by atoms with Crippen molar-refractivity contribution in [1.29, 1.82) is 0 Å². The molecule has 0 saturated carbocycles. The summed E-state index contributed by atoms with van der Waals surface area (Å²) in [5.74, 6) is -0.893. The summed E-state index contributed by atoms with van der Waals surface area (Å²) in [6.07, 6.45) is 0. The number of hydrogen-bond acceptors (Lipinski definition) is 3. The summed E-state index contributed by atoms with van der Waals surface area (Å²) in [6.45, 7) is 1.61. The van der Waals surface area contributed by atoms with Gasteiger partial charge in [0.25, 0.3) is 0 Å². The minimum Gasteiger partial charge on any atom is -0.324 e. The van der Waals surface area contributed by atoms with Gasteiger partial charge in [-0.25, -0.2) is 0 Å². The van der Waals surface area contributed by atoms with Crippen molar-refractivity contribution in [2.45, 2.75) is 24.4 Å². The Hall–Kier alpha value is -2.95. The molecular formula is C25H21ClN2O2. The molecule has 0 unspecified atom stereocenters. The lowest BCUT2D eigenvalue weighted by molar-refractivity contribution is -0.123. The molecule has 2 aliphatic heterocycles. The first kappa shape index (κ1) is 19.0. The highest BCUT2D eigenvalue weighted by Crippen LogP contribution is 2.57. The number of halogens is 1. The number of hydrogen-bond donors (Lipinski definition) is 2. The molecule has 0 radical (unpaired) electrons. The molecular weight excluding hydrogens is 396 g/mol. The summed E-state index contributed by atoms with van der Waals surface area (Å²) in [7, 11) is 0. The molecule has 0 bridgehead atoms. The molecule has 5 rings (SSSR count). The number of ketones is 1. The molecule has 150 valence electrons. The van der Waals surface area contributed by atoms with Crippen LogP contribution in [-0.4, -0.2) is 11.7 Å². The second kappa shape index (κ2) is 7.08. The first-order valence-corrected chi connectivity index (χ1v) is 10.4. The van der Waals surface area contributed by atoms with Crippen molar-refractivity contribution in [2.24, 2.45) is 5.92 Å². The molecule has 4 atom stereocenters. The maximum Gasteiger partial charge on any atom is 0.250 e. The van der Waals surface area contributed by atoms with E-state index in [1.165, 1.54) is 0 Å². The standard InChI is InChI=1S/C25H21ClN2O2/c1-15(29)21-22(16-8-4-2-5-9-16)25(28-23(21)17-10-6-3-7-11-17)19-14-18(26)12-13-20(19)27-24(25)30/h2-14,21-23,28H,1H3,(H,27,30)/t21-,22-,23-,25+/m1/s1. The summed E-state index contributed by atoms with van der Waals surface area (Å²) >= 11 is 6.34. The van der Waals surface area contributed by atoms with Gasteiger partial charge in [0.1, 0.15) is 11.3 Å². The Bertz CT molecular complexity index is 1130. The van der Waals surface area contributed by atoms with Crippen LogP contribution < -0.4 is 10.6 Å². The predicted octanol–water partition coefficient (Wildman–Crippen LogP) is 4.82. The quantitative estimate of drug-likeness (QED) is 0.643. The van der Waals surface area contributed by atoms with Gasteiger partial charge in [-0.15, -0.1) is 0 Å². The molecule has 5 heteroatoms. The average Bonchev–Trinajstić information content (AvgIpc) is 3.26. The number of carbonyl (C=O) groups excluding carboxylic acids is 2. The maximum absolute atomic E-state index is 13.6. The van der Waals surface area contributed by atoms with Crippen LogP contribution in [0.25, 0.3) is 0 Å². The SMILES string of the molecule is CC(=O)[C@H]1[C@@H](c2ccccc2)N[C@]2(C(=O)Nc3ccc(Cl)cc32)[C@@H]1c1ccccc1. The van der Waals surface area contributed by atoms with Gasteiger partial charge in [0.2, 0.25) is 5.91 Å². The van der Waals surface area contributed by atoms with Crippen molar-refractivity contribution < 1.29 is 9.59 Å². The molecule has 1 amide bonds. The smallest absolute Gasteiger partial charge is 0.250 e. The second-order valence-corrected chi connectivity index (χ2v) is 8.45. The van der Waals surface area contributed by atoms with Gasteiger partial charge in [-0.1, -0.05) is 72.3 Å². The molecule has 1 fully saturated rings. The molecule has 0 aliphatic carbocycles. The maximum atomic E-state index is 13.6. The first-order chi connectivity index (χ1) is 14.5. The van der Waals surface area contributed by atoms with E-state index < -0.39 is 11.5 Å². The number of rotatable bonds is 3. The summed E-state index contributed by atoms with van der Waals surface area (Å²) < 4.78 is 0. The molecule has 2 N–H and O–H groups in total. The normalized spacial score (nSPS) is 27.1. The third-order valence-electron chi connectivity index (χ3n) is 6.37. The van der Waals surface area contributed by atoms with Gasteiger partial charge < -0.3 is 5.32 Å². The van der Waals surface area contributed by atoms with Crippen molar-refractivity contribution in [3.8, 4) is 0 Å². The summed E-state index contributed by atoms with van der Waals surface area (Å²) in [6, 6.07) is 24.8. The minimum atomic E-state index is -1.08. The Kier molecular flexibility index (Phi) is 4.49. The molecule has 3 aromatic rings. The Morgan fingerprint density at radius 3 is 2.20 bits per heavy atom. The van der Waals surface area contributed by atoms with E-state index in [0.29, 0.717) is 5.02 Å². The Morgan fingerprint density at radius 2 is 1.57 bits per heavy atom. The van der Waals surface area contributed by atoms with Crippen LogP contribution >= 0.6 is 11.6 Å². The third-order valence-corrected chi connectivity index (χ3v) is 6.60. The number of amides is 1. The number of Topliss-reactive ketones (excluding diaryl/α,β-unsaturated/α-hetero) is 1. The molecule has 30 heavy (non-hydrogen) atoms. The molecule has 1 spiro atoms. The zero-order valence-electron chi connectivity index (χ0n) is 16.4. The van der Waals surface area contributed by atoms with E-state index in [-0.39, 0.29) is 23.7 Å². The molecule has 3 aromatic carbocycles. The fraction of sp³-hybridized carbons (Fsp3) is 0.200. The third kappa shape index (κ3) is 2.72. The van der Waals surface area contributed by atoms with Crippen molar-refractivity contribution in [2.75, 3.05) is 5.32 Å². The number of carbonyl (C=O) groups is 2. The molecule has 0 aromatic heterocycles. The zero-order valence-corrected chi connectivity index (χ0v) is 17.2. The van der Waals surface area contributed by atoms with Gasteiger partial charge in [0, 0.05) is 34.2 Å². The van der Waals surface area contributed by atoms with E-state index in [0.717, 1.165) is 22.4 Å². The van der Waals surface area contributed by atoms with E-state index in [2.05, 4.69) is 10.6 Å². The van der Waals surface area contributed by atoms with E-state index in [9.17, 15) is 9.59 Å². The fourth-order valence-corrected chi connectivity index (χ4v) is 5.34. The number of nitrogens with one attached hydrogen (secondary N) is 2. The Morgan fingerprint density at radius 1 is 0.933 bits per heavy atom. The minimum absolute atomic E-state index is 0.0466. The van der Waals surface area contributed by atoms with Crippen LogP contribution in [0, 0.1) is 5.92 Å². The van der Waals surface area contributed by atoms with E-state index in [1.54, 1.807) is 13.0 Å². The average molecular weight is 417 g/mol. The van der Waals surface area contributed by atoms with Gasteiger partial charge in [-0.05, 0) is 36.2 Å². The van der Waals surface area contributed by atoms with Crippen LogP contribution in [0.4, 0.5) is 5.69 Å². The van der Waals surface area contributed by atoms with Crippen LogP contribution in [0.3, 0.4) is 0 Å². The van der Waals surface area contributed by atoms with Crippen LogP contribution in [-0.2, 0) is 15.1 Å². The van der Waals surface area contributed by atoms with Crippen LogP contribution in [0.5, 0.6) is 0 Å².